The quantitative estimate of drug-likeness (QED) is 0.911. The van der Waals surface area contributed by atoms with Crippen molar-refractivity contribution in [1.82, 2.24) is 5.32 Å². The third-order valence-corrected chi connectivity index (χ3v) is 7.05. The second-order valence-electron chi connectivity index (χ2n) is 5.55. The van der Waals surface area contributed by atoms with Crippen molar-refractivity contribution in [2.45, 2.75) is 29.4 Å². The van der Waals surface area contributed by atoms with Gasteiger partial charge in [-0.25, -0.2) is 8.42 Å². The van der Waals surface area contributed by atoms with E-state index in [1.165, 1.54) is 0 Å². The highest BCUT2D eigenvalue weighted by atomic mass is 32.2. The summed E-state index contributed by atoms with van der Waals surface area (Å²) in [5, 5.41) is 2.31. The van der Waals surface area contributed by atoms with Gasteiger partial charge in [-0.1, -0.05) is 18.2 Å². The molecule has 0 bridgehead atoms. The lowest BCUT2D eigenvalue weighted by Gasteiger charge is -2.36. The van der Waals surface area contributed by atoms with E-state index in [4.69, 9.17) is 9.47 Å². The molecule has 1 N–H and O–H groups in total. The number of nitrogens with one attached hydrogen (secondary N) is 1. The molecular weight excluding hydrogens is 290 g/mol. The molecule has 5 nitrogen and oxygen atoms in total. The molecule has 0 aromatic heterocycles. The highest BCUT2D eigenvalue weighted by molar-refractivity contribution is 7.92. The van der Waals surface area contributed by atoms with E-state index in [1.54, 1.807) is 7.05 Å². The number of benzene rings is 1. The molecule has 1 aromatic carbocycles. The molecule has 21 heavy (non-hydrogen) atoms. The summed E-state index contributed by atoms with van der Waals surface area (Å²) in [5.41, 5.74) is 0.923. The summed E-state index contributed by atoms with van der Waals surface area (Å²) in [6, 6.07) is 7.41. The van der Waals surface area contributed by atoms with Gasteiger partial charge in [-0.05, 0) is 26.0 Å². The van der Waals surface area contributed by atoms with Crippen molar-refractivity contribution in [3.63, 3.8) is 0 Å². The van der Waals surface area contributed by atoms with Crippen molar-refractivity contribution in [2.75, 3.05) is 26.9 Å². The summed E-state index contributed by atoms with van der Waals surface area (Å²) in [4.78, 5) is 0. The standard InChI is InChI=1S/C15H21NO4S/c1-16-15-12-4-2-3-5-13(12)20-10-14(15)21(17,18)11-6-8-19-9-7-11/h2-5,11,14-16H,6-10H2,1H3. The second-order valence-corrected chi connectivity index (χ2v) is 8.00. The SMILES string of the molecule is CNC1c2ccccc2OCC1S(=O)(=O)C1CCOCC1. The lowest BCUT2D eigenvalue weighted by Crippen LogP contribution is -2.47. The first-order valence-corrected chi connectivity index (χ1v) is 8.95. The Morgan fingerprint density at radius 2 is 1.90 bits per heavy atom. The fraction of sp³-hybridized carbons (Fsp3) is 0.600. The molecule has 6 heteroatoms. The monoisotopic (exact) mass is 311 g/mol. The minimum Gasteiger partial charge on any atom is -0.492 e. The van der Waals surface area contributed by atoms with E-state index in [0.717, 1.165) is 11.3 Å². The molecule has 0 aliphatic carbocycles. The van der Waals surface area contributed by atoms with Gasteiger partial charge in [0, 0.05) is 18.8 Å². The molecule has 2 aliphatic heterocycles. The van der Waals surface area contributed by atoms with Gasteiger partial charge in [0.15, 0.2) is 9.84 Å². The van der Waals surface area contributed by atoms with E-state index < -0.39 is 15.1 Å². The van der Waals surface area contributed by atoms with Crippen molar-refractivity contribution in [3.05, 3.63) is 29.8 Å². The fourth-order valence-corrected chi connectivity index (χ4v) is 5.48. The minimum atomic E-state index is -3.26. The zero-order chi connectivity index (χ0) is 14.9. The smallest absolute Gasteiger partial charge is 0.161 e. The molecule has 1 saturated heterocycles. The third kappa shape index (κ3) is 2.67. The van der Waals surface area contributed by atoms with Crippen molar-refractivity contribution < 1.29 is 17.9 Å². The molecule has 2 atom stereocenters. The van der Waals surface area contributed by atoms with E-state index >= 15 is 0 Å². The Kier molecular flexibility index (Phi) is 4.19. The van der Waals surface area contributed by atoms with Crippen LogP contribution in [0.1, 0.15) is 24.4 Å². The van der Waals surface area contributed by atoms with Gasteiger partial charge >= 0.3 is 0 Å². The van der Waals surface area contributed by atoms with Crippen LogP contribution in [-0.4, -0.2) is 45.8 Å². The van der Waals surface area contributed by atoms with E-state index in [2.05, 4.69) is 5.32 Å². The molecule has 0 saturated carbocycles. The minimum absolute atomic E-state index is 0.211. The first-order valence-electron chi connectivity index (χ1n) is 7.34. The van der Waals surface area contributed by atoms with Gasteiger partial charge in [-0.2, -0.15) is 0 Å². The van der Waals surface area contributed by atoms with Crippen molar-refractivity contribution in [1.29, 1.82) is 0 Å². The molecule has 0 spiro atoms. The summed E-state index contributed by atoms with van der Waals surface area (Å²) in [6.45, 7) is 1.26. The maximum atomic E-state index is 12.9. The summed E-state index contributed by atoms with van der Waals surface area (Å²) < 4.78 is 36.9. The number of hydrogen-bond donors (Lipinski definition) is 1. The molecule has 2 aliphatic rings. The van der Waals surface area contributed by atoms with Crippen LogP contribution in [0.2, 0.25) is 0 Å². The Morgan fingerprint density at radius 1 is 1.19 bits per heavy atom. The molecular formula is C15H21NO4S. The first kappa shape index (κ1) is 14.8. The van der Waals surface area contributed by atoms with Crippen molar-refractivity contribution >= 4 is 9.84 Å². The molecule has 3 rings (SSSR count). The van der Waals surface area contributed by atoms with E-state index in [0.29, 0.717) is 26.1 Å². The van der Waals surface area contributed by atoms with Gasteiger partial charge in [-0.15, -0.1) is 0 Å². The van der Waals surface area contributed by atoms with Gasteiger partial charge in [0.25, 0.3) is 0 Å². The van der Waals surface area contributed by atoms with Crippen LogP contribution in [0.15, 0.2) is 24.3 Å². The summed E-state index contributed by atoms with van der Waals surface area (Å²) >= 11 is 0. The Bertz CT molecular complexity index is 595. The summed E-state index contributed by atoms with van der Waals surface area (Å²) in [6.07, 6.45) is 1.16. The van der Waals surface area contributed by atoms with Crippen LogP contribution in [0.25, 0.3) is 0 Å². The van der Waals surface area contributed by atoms with E-state index in [1.807, 2.05) is 24.3 Å². The zero-order valence-corrected chi connectivity index (χ0v) is 12.9. The maximum absolute atomic E-state index is 12.9. The summed E-state index contributed by atoms with van der Waals surface area (Å²) in [7, 11) is -1.45. The fourth-order valence-electron chi connectivity index (χ4n) is 3.21. The average molecular weight is 311 g/mol. The lowest BCUT2D eigenvalue weighted by atomic mass is 10.0. The number of sulfone groups is 1. The van der Waals surface area contributed by atoms with Crippen LogP contribution in [0.5, 0.6) is 5.75 Å². The lowest BCUT2D eigenvalue weighted by molar-refractivity contribution is 0.0978. The van der Waals surface area contributed by atoms with E-state index in [9.17, 15) is 8.42 Å². The van der Waals surface area contributed by atoms with Gasteiger partial charge in [0.2, 0.25) is 0 Å². The largest absolute Gasteiger partial charge is 0.492 e. The van der Waals surface area contributed by atoms with Crippen molar-refractivity contribution in [2.24, 2.45) is 0 Å². The highest BCUT2D eigenvalue weighted by Crippen LogP contribution is 2.36. The van der Waals surface area contributed by atoms with Crippen LogP contribution in [0.3, 0.4) is 0 Å². The van der Waals surface area contributed by atoms with Crippen molar-refractivity contribution in [3.8, 4) is 5.75 Å². The van der Waals surface area contributed by atoms with Gasteiger partial charge in [0.1, 0.15) is 17.6 Å². The Labute approximate surface area is 125 Å². The van der Waals surface area contributed by atoms with Crippen LogP contribution < -0.4 is 10.1 Å². The van der Waals surface area contributed by atoms with Crippen LogP contribution >= 0.6 is 0 Å². The van der Waals surface area contributed by atoms with Crippen LogP contribution in [0, 0.1) is 0 Å². The number of fused-ring (bicyclic) bond motifs is 1. The Hall–Kier alpha value is -1.11. The number of para-hydroxylation sites is 1. The predicted octanol–water partition coefficient (Wildman–Crippen LogP) is 1.30. The molecule has 0 radical (unpaired) electrons. The zero-order valence-electron chi connectivity index (χ0n) is 12.1. The van der Waals surface area contributed by atoms with E-state index in [-0.39, 0.29) is 17.9 Å². The molecule has 116 valence electrons. The Balaban J connectivity index is 1.91. The normalized spacial score (nSPS) is 26.9. The van der Waals surface area contributed by atoms with Crippen LogP contribution in [-0.2, 0) is 14.6 Å². The number of hydrogen-bond acceptors (Lipinski definition) is 5. The molecule has 2 unspecified atom stereocenters. The molecule has 1 aromatic rings. The number of ether oxygens (including phenoxy) is 2. The van der Waals surface area contributed by atoms with Gasteiger partial charge < -0.3 is 14.8 Å². The summed E-state index contributed by atoms with van der Waals surface area (Å²) in [5.74, 6) is 0.773. The molecule has 1 fully saturated rings. The van der Waals surface area contributed by atoms with Crippen LogP contribution in [0.4, 0.5) is 0 Å². The third-order valence-electron chi connectivity index (χ3n) is 4.39. The molecule has 0 amide bonds. The Morgan fingerprint density at radius 3 is 2.62 bits per heavy atom. The molecule has 2 heterocycles. The first-order chi connectivity index (χ1) is 10.1. The predicted molar refractivity (Wildman–Crippen MR) is 80.3 cm³/mol. The topological polar surface area (TPSA) is 64.6 Å². The second kappa shape index (κ2) is 5.94. The maximum Gasteiger partial charge on any atom is 0.161 e. The van der Waals surface area contributed by atoms with Gasteiger partial charge in [-0.3, -0.25) is 0 Å². The van der Waals surface area contributed by atoms with Gasteiger partial charge in [0.05, 0.1) is 11.3 Å². The highest BCUT2D eigenvalue weighted by Gasteiger charge is 2.43. The average Bonchev–Trinajstić information content (AvgIpc) is 2.54. The number of rotatable bonds is 3.